The highest BCUT2D eigenvalue weighted by Gasteiger charge is 2.22. The minimum absolute atomic E-state index is 0.201. The Morgan fingerprint density at radius 2 is 2.02 bits per heavy atom. The molecule has 0 fully saturated rings. The number of nitrogens with zero attached hydrogens (tertiary/aromatic N) is 3. The van der Waals surface area contributed by atoms with Crippen LogP contribution in [0.4, 0.5) is 5.82 Å². The molecule has 0 unspecified atom stereocenters. The summed E-state index contributed by atoms with van der Waals surface area (Å²) in [6.07, 6.45) is 7.85. The standard InChI is InChI=1S/C30H32N4O6S/c1-2-8-25-23-10-7-11-26(35)24(23)14-15-27(25)38-18-6-5-17-31-30(36)22-13-16-29(32-19-22)34-33-20-21-9-3-4-12-28(21)41-40-39-37/h2-4,9,12-16,19,37H,1,5-8,10-11,17-18,20H2,(H,31,36). The summed E-state index contributed by atoms with van der Waals surface area (Å²) in [4.78, 5) is 29.7. The number of allylic oxidation sites excluding steroid dienone is 1. The van der Waals surface area contributed by atoms with Crippen LogP contribution in [0.2, 0.25) is 0 Å². The van der Waals surface area contributed by atoms with Crippen LogP contribution in [0, 0.1) is 0 Å². The van der Waals surface area contributed by atoms with E-state index >= 15 is 0 Å². The highest BCUT2D eigenvalue weighted by Crippen LogP contribution is 2.32. The fraction of sp³-hybridized carbons (Fsp3) is 0.300. The molecule has 3 aromatic rings. The summed E-state index contributed by atoms with van der Waals surface area (Å²) >= 11 is 0.860. The van der Waals surface area contributed by atoms with Crippen LogP contribution >= 0.6 is 12.0 Å². The van der Waals surface area contributed by atoms with Crippen LogP contribution in [0.1, 0.15) is 63.1 Å². The fourth-order valence-corrected chi connectivity index (χ4v) is 5.00. The average molecular weight is 577 g/mol. The number of unbranched alkanes of at least 4 members (excludes halogenated alkanes) is 1. The first-order valence-corrected chi connectivity index (χ1v) is 14.1. The Hall–Kier alpha value is -3.90. The highest BCUT2D eigenvalue weighted by molar-refractivity contribution is 7.94. The summed E-state index contributed by atoms with van der Waals surface area (Å²) in [5, 5.41) is 23.1. The van der Waals surface area contributed by atoms with Crippen molar-refractivity contribution in [2.45, 2.75) is 50.0 Å². The molecule has 0 spiro atoms. The summed E-state index contributed by atoms with van der Waals surface area (Å²) in [5.41, 5.74) is 4.23. The van der Waals surface area contributed by atoms with E-state index in [-0.39, 0.29) is 18.2 Å². The Balaban J connectivity index is 1.19. The molecule has 11 heteroatoms. The zero-order chi connectivity index (χ0) is 28.9. The van der Waals surface area contributed by atoms with E-state index in [4.69, 9.17) is 9.99 Å². The highest BCUT2D eigenvalue weighted by atomic mass is 32.2. The Kier molecular flexibility index (Phi) is 11.6. The van der Waals surface area contributed by atoms with Gasteiger partial charge >= 0.3 is 0 Å². The maximum absolute atomic E-state index is 12.5. The summed E-state index contributed by atoms with van der Waals surface area (Å²) in [5.74, 6) is 1.17. The molecule has 0 bridgehead atoms. The number of rotatable bonds is 15. The maximum Gasteiger partial charge on any atom is 0.252 e. The normalized spacial score (nSPS) is 12.8. The number of Topliss-reactive ketones (excluding diaryl/α,β-unsaturated/α-hetero) is 1. The van der Waals surface area contributed by atoms with Crippen molar-refractivity contribution in [3.63, 3.8) is 0 Å². The van der Waals surface area contributed by atoms with Gasteiger partial charge in [0.05, 0.1) is 30.8 Å². The van der Waals surface area contributed by atoms with E-state index in [2.05, 4.69) is 36.5 Å². The van der Waals surface area contributed by atoms with E-state index in [9.17, 15) is 9.59 Å². The molecule has 1 heterocycles. The molecule has 1 aliphatic rings. The van der Waals surface area contributed by atoms with E-state index in [1.54, 1.807) is 18.2 Å². The molecule has 2 N–H and O–H groups in total. The SMILES string of the molecule is C=CCc1c(OCCCCNC(=O)c2ccc(N=NCc3ccccc3SOOO)nc2)ccc2c1CCCC2=O. The number of nitrogens with one attached hydrogen (secondary N) is 1. The first-order valence-electron chi connectivity index (χ1n) is 13.4. The molecule has 41 heavy (non-hydrogen) atoms. The Labute approximate surface area is 242 Å². The number of benzene rings is 2. The lowest BCUT2D eigenvalue weighted by Crippen LogP contribution is -2.24. The molecule has 1 aromatic heterocycles. The van der Waals surface area contributed by atoms with Gasteiger partial charge in [0.2, 0.25) is 0 Å². The number of carbonyl (C=O) groups is 2. The number of carbonyl (C=O) groups excluding carboxylic acids is 2. The van der Waals surface area contributed by atoms with Gasteiger partial charge in [-0.05, 0) is 73.6 Å². The third-order valence-electron chi connectivity index (χ3n) is 6.53. The lowest BCUT2D eigenvalue weighted by atomic mass is 9.86. The van der Waals surface area contributed by atoms with Gasteiger partial charge in [0.15, 0.2) is 11.6 Å². The summed E-state index contributed by atoms with van der Waals surface area (Å²) in [6, 6.07) is 14.4. The molecule has 4 rings (SSSR count). The van der Waals surface area contributed by atoms with Gasteiger partial charge < -0.3 is 10.1 Å². The fourth-order valence-electron chi connectivity index (χ4n) is 4.53. The first kappa shape index (κ1) is 30.1. The van der Waals surface area contributed by atoms with Crippen LogP contribution in [-0.4, -0.2) is 35.1 Å². The number of fused-ring (bicyclic) bond motifs is 1. The third-order valence-corrected chi connectivity index (χ3v) is 7.24. The Bertz CT molecular complexity index is 1380. The van der Waals surface area contributed by atoms with Crippen LogP contribution in [0.3, 0.4) is 0 Å². The second kappa shape index (κ2) is 15.8. The number of pyridine rings is 1. The number of aromatic nitrogens is 1. The van der Waals surface area contributed by atoms with Crippen molar-refractivity contribution in [3.05, 3.63) is 95.2 Å². The quantitative estimate of drug-likeness (QED) is 0.0515. The van der Waals surface area contributed by atoms with Crippen molar-refractivity contribution in [2.24, 2.45) is 10.2 Å². The molecule has 1 amide bonds. The van der Waals surface area contributed by atoms with Gasteiger partial charge in [-0.15, -0.1) is 16.0 Å². The number of hydrogen-bond acceptors (Lipinski definition) is 10. The Morgan fingerprint density at radius 3 is 2.83 bits per heavy atom. The van der Waals surface area contributed by atoms with Crippen molar-refractivity contribution in [1.82, 2.24) is 10.3 Å². The molecule has 0 saturated carbocycles. The lowest BCUT2D eigenvalue weighted by molar-refractivity contribution is -0.432. The zero-order valence-electron chi connectivity index (χ0n) is 22.6. The molecular weight excluding hydrogens is 544 g/mol. The van der Waals surface area contributed by atoms with Gasteiger partial charge in [0.1, 0.15) is 5.75 Å². The van der Waals surface area contributed by atoms with Crippen molar-refractivity contribution in [3.8, 4) is 5.75 Å². The molecule has 0 saturated heterocycles. The number of azo groups is 1. The third kappa shape index (κ3) is 8.54. The molecular formula is C30H32N4O6S. The van der Waals surface area contributed by atoms with Crippen LogP contribution in [0.15, 0.2) is 82.5 Å². The largest absolute Gasteiger partial charge is 0.493 e. The van der Waals surface area contributed by atoms with E-state index in [0.717, 1.165) is 70.6 Å². The molecule has 1 aliphatic carbocycles. The number of ether oxygens (including phenoxy) is 1. The van der Waals surface area contributed by atoms with Crippen molar-refractivity contribution >= 4 is 29.6 Å². The van der Waals surface area contributed by atoms with Crippen LogP contribution < -0.4 is 10.1 Å². The second-order valence-electron chi connectivity index (χ2n) is 9.29. The minimum atomic E-state index is -0.216. The molecule has 0 aliphatic heterocycles. The molecule has 214 valence electrons. The van der Waals surface area contributed by atoms with Crippen LogP contribution in [0.5, 0.6) is 5.75 Å². The smallest absolute Gasteiger partial charge is 0.252 e. The van der Waals surface area contributed by atoms with Gasteiger partial charge in [-0.2, -0.15) is 5.11 Å². The zero-order valence-corrected chi connectivity index (χ0v) is 23.4. The lowest BCUT2D eigenvalue weighted by Gasteiger charge is -2.21. The summed E-state index contributed by atoms with van der Waals surface area (Å²) in [6.45, 7) is 5.15. The van der Waals surface area contributed by atoms with Gasteiger partial charge in [0.25, 0.3) is 5.91 Å². The monoisotopic (exact) mass is 576 g/mol. The predicted molar refractivity (Wildman–Crippen MR) is 154 cm³/mol. The van der Waals surface area contributed by atoms with Gasteiger partial charge in [-0.1, -0.05) is 29.3 Å². The van der Waals surface area contributed by atoms with Crippen molar-refractivity contribution < 1.29 is 29.0 Å². The topological polar surface area (TPSA) is 132 Å². The van der Waals surface area contributed by atoms with Crippen molar-refractivity contribution in [2.75, 3.05) is 13.2 Å². The van der Waals surface area contributed by atoms with Crippen LogP contribution in [0.25, 0.3) is 0 Å². The van der Waals surface area contributed by atoms with E-state index < -0.39 is 0 Å². The molecule has 10 nitrogen and oxygen atoms in total. The maximum atomic E-state index is 12.5. The summed E-state index contributed by atoms with van der Waals surface area (Å²) in [7, 11) is 0. The Morgan fingerprint density at radius 1 is 1.15 bits per heavy atom. The molecule has 0 atom stereocenters. The van der Waals surface area contributed by atoms with E-state index in [1.807, 2.05) is 36.4 Å². The van der Waals surface area contributed by atoms with E-state index in [0.29, 0.717) is 37.4 Å². The number of amides is 1. The van der Waals surface area contributed by atoms with Crippen LogP contribution in [-0.2, 0) is 28.8 Å². The first-order chi connectivity index (χ1) is 20.1. The minimum Gasteiger partial charge on any atom is -0.493 e. The number of hydrogen-bond donors (Lipinski definition) is 2. The number of ketones is 1. The second-order valence-corrected chi connectivity index (χ2v) is 10.0. The predicted octanol–water partition coefficient (Wildman–Crippen LogP) is 6.63. The van der Waals surface area contributed by atoms with E-state index in [1.165, 1.54) is 6.20 Å². The van der Waals surface area contributed by atoms with Gasteiger partial charge in [-0.3, -0.25) is 9.59 Å². The van der Waals surface area contributed by atoms with Crippen molar-refractivity contribution in [1.29, 1.82) is 0 Å². The van der Waals surface area contributed by atoms with Gasteiger partial charge in [-0.25, -0.2) is 10.2 Å². The average Bonchev–Trinajstić information content (AvgIpc) is 2.99. The summed E-state index contributed by atoms with van der Waals surface area (Å²) < 4.78 is 10.5. The molecule has 0 radical (unpaired) electrons. The van der Waals surface area contributed by atoms with Gasteiger partial charge in [0, 0.05) is 35.2 Å². The molecule has 2 aromatic carbocycles.